The van der Waals surface area contributed by atoms with Gasteiger partial charge in [-0.15, -0.1) is 0 Å². The molecule has 0 aliphatic carbocycles. The summed E-state index contributed by atoms with van der Waals surface area (Å²) in [5, 5.41) is 13.0. The lowest BCUT2D eigenvalue weighted by atomic mass is 10.1. The molecule has 3 N–H and O–H groups in total. The van der Waals surface area contributed by atoms with Crippen LogP contribution in [0, 0.1) is 0 Å². The molecule has 2 aromatic heterocycles. The summed E-state index contributed by atoms with van der Waals surface area (Å²) < 4.78 is 10.6. The van der Waals surface area contributed by atoms with Gasteiger partial charge in [-0.2, -0.15) is 0 Å². The molecule has 4 rings (SSSR count). The summed E-state index contributed by atoms with van der Waals surface area (Å²) in [5.41, 5.74) is 1.46. The number of allylic oxidation sites excluding steroid dienone is 1. The average Bonchev–Trinajstić information content (AvgIpc) is 3.29. The fraction of sp³-hybridized carbons (Fsp3) is 0.0952. The molecule has 0 saturated carbocycles. The number of H-pyrrole nitrogens is 1. The van der Waals surface area contributed by atoms with Crippen LogP contribution in [-0.4, -0.2) is 40.0 Å². The van der Waals surface area contributed by atoms with E-state index >= 15 is 0 Å². The molecule has 0 amide bonds. The maximum absolute atomic E-state index is 12.9. The van der Waals surface area contributed by atoms with Gasteiger partial charge >= 0.3 is 5.97 Å². The number of Topliss-reactive ketones (excluding diaryl/α,β-unsaturated/α-hetero) is 1. The van der Waals surface area contributed by atoms with Gasteiger partial charge in [0.05, 0.1) is 17.3 Å². The molecule has 152 valence electrons. The van der Waals surface area contributed by atoms with Gasteiger partial charge in [-0.25, -0.2) is 9.78 Å². The van der Waals surface area contributed by atoms with E-state index in [1.807, 2.05) is 6.07 Å². The van der Waals surface area contributed by atoms with Crippen molar-refractivity contribution in [2.24, 2.45) is 0 Å². The number of benzene rings is 1. The van der Waals surface area contributed by atoms with Crippen molar-refractivity contribution in [3.05, 3.63) is 76.6 Å². The van der Waals surface area contributed by atoms with Crippen LogP contribution in [0.5, 0.6) is 0 Å². The quantitative estimate of drug-likeness (QED) is 0.316. The third kappa shape index (κ3) is 3.78. The normalized spacial score (nSPS) is 15.0. The maximum Gasteiger partial charge on any atom is 0.347 e. The molecule has 3 heterocycles. The number of carbonyl (C=O) groups is 2. The molecular formula is C21H16ClN3O5. The van der Waals surface area contributed by atoms with Gasteiger partial charge in [0.1, 0.15) is 12.3 Å². The van der Waals surface area contributed by atoms with E-state index < -0.39 is 11.8 Å². The molecular weight excluding hydrogens is 410 g/mol. The third-order valence-corrected chi connectivity index (χ3v) is 4.64. The Morgan fingerprint density at radius 2 is 2.13 bits per heavy atom. The van der Waals surface area contributed by atoms with Crippen LogP contribution in [-0.2, 0) is 19.1 Å². The minimum Gasteiger partial charge on any atom is -0.459 e. The topological polar surface area (TPSA) is 114 Å². The number of nitrogens with one attached hydrogen (secondary N) is 2. The van der Waals surface area contributed by atoms with E-state index in [0.29, 0.717) is 21.9 Å². The summed E-state index contributed by atoms with van der Waals surface area (Å²) in [4.78, 5) is 32.6. The fourth-order valence-electron chi connectivity index (χ4n) is 2.94. The number of ketones is 1. The van der Waals surface area contributed by atoms with Crippen molar-refractivity contribution in [2.75, 3.05) is 18.5 Å². The van der Waals surface area contributed by atoms with E-state index in [2.05, 4.69) is 15.3 Å². The van der Waals surface area contributed by atoms with Crippen molar-refractivity contribution in [1.82, 2.24) is 9.97 Å². The number of anilines is 1. The summed E-state index contributed by atoms with van der Waals surface area (Å²) in [6, 6.07) is 10.4. The van der Waals surface area contributed by atoms with Gasteiger partial charge in [0, 0.05) is 23.3 Å². The molecule has 0 atom stereocenters. The number of aliphatic hydroxyl groups excluding tert-OH is 1. The molecule has 0 unspecified atom stereocenters. The molecule has 0 bridgehead atoms. The fourth-order valence-corrected chi connectivity index (χ4v) is 3.12. The number of ether oxygens (including phenoxy) is 2. The second-order valence-electron chi connectivity index (χ2n) is 6.25. The van der Waals surface area contributed by atoms with Gasteiger partial charge in [-0.3, -0.25) is 4.79 Å². The number of pyridine rings is 1. The number of nitrogens with zero attached hydrogens (tertiary/aromatic N) is 1. The number of carbonyl (C=O) groups excluding carboxylic acids is 2. The van der Waals surface area contributed by atoms with E-state index in [0.717, 1.165) is 5.39 Å². The Morgan fingerprint density at radius 3 is 2.93 bits per heavy atom. The first-order valence-corrected chi connectivity index (χ1v) is 9.36. The maximum atomic E-state index is 12.9. The molecule has 8 nitrogen and oxygen atoms in total. The molecule has 1 aromatic carbocycles. The number of para-hydroxylation sites is 1. The Kier molecular flexibility index (Phi) is 5.51. The van der Waals surface area contributed by atoms with Crippen LogP contribution in [0.2, 0.25) is 5.02 Å². The summed E-state index contributed by atoms with van der Waals surface area (Å²) in [5.74, 6) is -1.72. The number of halogens is 1. The molecule has 9 heteroatoms. The molecule has 0 spiro atoms. The van der Waals surface area contributed by atoms with Crippen LogP contribution in [0.15, 0.2) is 66.0 Å². The molecule has 3 aromatic rings. The van der Waals surface area contributed by atoms with Gasteiger partial charge < -0.3 is 24.9 Å². The van der Waals surface area contributed by atoms with E-state index in [9.17, 15) is 9.59 Å². The highest BCUT2D eigenvalue weighted by Gasteiger charge is 2.37. The Balaban J connectivity index is 1.70. The average molecular weight is 426 g/mol. The monoisotopic (exact) mass is 425 g/mol. The second kappa shape index (κ2) is 8.40. The van der Waals surface area contributed by atoms with Gasteiger partial charge in [0.25, 0.3) is 0 Å². The number of aromatic amines is 1. The number of hydrogen-bond acceptors (Lipinski definition) is 7. The number of fused-ring (bicyclic) bond motifs is 1. The lowest BCUT2D eigenvalue weighted by molar-refractivity contribution is -0.141. The van der Waals surface area contributed by atoms with E-state index in [4.69, 9.17) is 26.2 Å². The first kappa shape index (κ1) is 19.7. The Bertz CT molecular complexity index is 1200. The van der Waals surface area contributed by atoms with Crippen molar-refractivity contribution >= 4 is 46.2 Å². The third-order valence-electron chi connectivity index (χ3n) is 4.31. The van der Waals surface area contributed by atoms with Crippen molar-refractivity contribution in [2.45, 2.75) is 0 Å². The van der Waals surface area contributed by atoms with Gasteiger partial charge in [0.2, 0.25) is 11.7 Å². The Hall–Kier alpha value is -3.62. The predicted octanol–water partition coefficient (Wildman–Crippen LogP) is 3.02. The summed E-state index contributed by atoms with van der Waals surface area (Å²) >= 11 is 6.17. The molecule has 0 saturated heterocycles. The Morgan fingerprint density at radius 1 is 1.30 bits per heavy atom. The minimum atomic E-state index is -0.910. The first-order valence-electron chi connectivity index (χ1n) is 8.98. The molecule has 0 fully saturated rings. The summed E-state index contributed by atoms with van der Waals surface area (Å²) in [6.45, 7) is -0.617. The summed E-state index contributed by atoms with van der Waals surface area (Å²) in [7, 11) is 0. The largest absolute Gasteiger partial charge is 0.459 e. The zero-order chi connectivity index (χ0) is 21.1. The van der Waals surface area contributed by atoms with Crippen LogP contribution in [0.1, 0.15) is 5.56 Å². The van der Waals surface area contributed by atoms with Gasteiger partial charge in [0.15, 0.2) is 11.3 Å². The van der Waals surface area contributed by atoms with Crippen LogP contribution >= 0.6 is 11.6 Å². The van der Waals surface area contributed by atoms with Crippen LogP contribution < -0.4 is 5.32 Å². The van der Waals surface area contributed by atoms with E-state index in [1.54, 1.807) is 42.7 Å². The highest BCUT2D eigenvalue weighted by atomic mass is 35.5. The zero-order valence-electron chi connectivity index (χ0n) is 15.5. The predicted molar refractivity (Wildman–Crippen MR) is 110 cm³/mol. The lowest BCUT2D eigenvalue weighted by Gasteiger charge is -2.10. The van der Waals surface area contributed by atoms with E-state index in [-0.39, 0.29) is 30.4 Å². The van der Waals surface area contributed by atoms with Crippen molar-refractivity contribution < 1.29 is 24.2 Å². The van der Waals surface area contributed by atoms with Crippen molar-refractivity contribution in [3.8, 4) is 0 Å². The molecule has 0 radical (unpaired) electrons. The smallest absolute Gasteiger partial charge is 0.347 e. The number of rotatable bonds is 6. The van der Waals surface area contributed by atoms with E-state index in [1.165, 1.54) is 6.08 Å². The number of aromatic nitrogens is 2. The molecule has 30 heavy (non-hydrogen) atoms. The van der Waals surface area contributed by atoms with Gasteiger partial charge in [-0.1, -0.05) is 23.7 Å². The Labute approximate surface area is 175 Å². The highest BCUT2D eigenvalue weighted by molar-refractivity contribution is 6.33. The SMILES string of the molecule is O=C(OCCO)C1=C(Nc2ccccc2Cl)O/C(=C\c2c[nH]c3ncccc23)C1=O. The van der Waals surface area contributed by atoms with Crippen LogP contribution in [0.25, 0.3) is 17.1 Å². The number of esters is 1. The minimum absolute atomic E-state index is 0.0646. The van der Waals surface area contributed by atoms with Crippen LogP contribution in [0.4, 0.5) is 5.69 Å². The van der Waals surface area contributed by atoms with Gasteiger partial charge in [-0.05, 0) is 30.3 Å². The van der Waals surface area contributed by atoms with Crippen molar-refractivity contribution in [3.63, 3.8) is 0 Å². The zero-order valence-corrected chi connectivity index (χ0v) is 16.3. The number of hydrogen-bond donors (Lipinski definition) is 3. The number of aliphatic hydroxyl groups is 1. The molecule has 1 aliphatic rings. The van der Waals surface area contributed by atoms with Crippen molar-refractivity contribution in [1.29, 1.82) is 0 Å². The standard InChI is InChI=1S/C21H16ClN3O5/c22-14-5-1-2-6-15(14)25-20-17(21(28)29-9-8-26)18(27)16(30-20)10-12-11-24-19-13(12)4-3-7-23-19/h1-7,10-11,25-26H,8-9H2,(H,23,24)/b16-10-. The summed E-state index contributed by atoms with van der Waals surface area (Å²) in [6.07, 6.45) is 4.85. The van der Waals surface area contributed by atoms with Crippen LogP contribution in [0.3, 0.4) is 0 Å². The highest BCUT2D eigenvalue weighted by Crippen LogP contribution is 2.32. The second-order valence-corrected chi connectivity index (χ2v) is 6.66. The molecule has 1 aliphatic heterocycles. The first-order chi connectivity index (χ1) is 14.6. The lowest BCUT2D eigenvalue weighted by Crippen LogP contribution is -2.17.